The Morgan fingerprint density at radius 2 is 2.25 bits per heavy atom. The summed E-state index contributed by atoms with van der Waals surface area (Å²) in [7, 11) is 1.81. The molecular weight excluding hydrogens is 156 g/mol. The molecule has 0 radical (unpaired) electrons. The van der Waals surface area contributed by atoms with Crippen molar-refractivity contribution in [3.8, 4) is 0 Å². The lowest BCUT2D eigenvalue weighted by atomic mass is 10.4. The van der Waals surface area contributed by atoms with Crippen LogP contribution in [0.1, 0.15) is 13.3 Å². The second-order valence-electron chi connectivity index (χ2n) is 2.46. The van der Waals surface area contributed by atoms with Gasteiger partial charge in [0.2, 0.25) is 5.91 Å². The fourth-order valence-electron chi connectivity index (χ4n) is 0.878. The number of carbonyl (C=O) groups is 2. The van der Waals surface area contributed by atoms with Crippen LogP contribution in [-0.4, -0.2) is 43.8 Å². The molecule has 0 aliphatic heterocycles. The van der Waals surface area contributed by atoms with E-state index in [1.807, 2.05) is 7.05 Å². The van der Waals surface area contributed by atoms with Crippen molar-refractivity contribution in [3.63, 3.8) is 0 Å². The van der Waals surface area contributed by atoms with Gasteiger partial charge in [0.25, 0.3) is 0 Å². The SMILES string of the molecule is CCC(=O)N(CC=O)CCNC. The van der Waals surface area contributed by atoms with E-state index in [2.05, 4.69) is 5.32 Å². The summed E-state index contributed by atoms with van der Waals surface area (Å²) < 4.78 is 0. The number of nitrogens with zero attached hydrogens (tertiary/aromatic N) is 1. The van der Waals surface area contributed by atoms with Gasteiger partial charge in [0.15, 0.2) is 0 Å². The zero-order valence-electron chi connectivity index (χ0n) is 7.67. The van der Waals surface area contributed by atoms with Gasteiger partial charge >= 0.3 is 0 Å². The van der Waals surface area contributed by atoms with Crippen molar-refractivity contribution in [1.82, 2.24) is 10.2 Å². The van der Waals surface area contributed by atoms with E-state index in [9.17, 15) is 9.59 Å². The van der Waals surface area contributed by atoms with Crippen LogP contribution in [0.2, 0.25) is 0 Å². The molecule has 0 aliphatic rings. The van der Waals surface area contributed by atoms with Crippen molar-refractivity contribution in [2.24, 2.45) is 0 Å². The Labute approximate surface area is 72.9 Å². The number of nitrogens with one attached hydrogen (secondary N) is 1. The van der Waals surface area contributed by atoms with Gasteiger partial charge in [0.05, 0.1) is 6.54 Å². The van der Waals surface area contributed by atoms with E-state index in [1.54, 1.807) is 11.8 Å². The number of hydrogen-bond donors (Lipinski definition) is 1. The highest BCUT2D eigenvalue weighted by atomic mass is 16.2. The first kappa shape index (κ1) is 11.1. The second kappa shape index (κ2) is 6.79. The van der Waals surface area contributed by atoms with Gasteiger partial charge in [-0.1, -0.05) is 6.92 Å². The lowest BCUT2D eigenvalue weighted by Gasteiger charge is -2.18. The van der Waals surface area contributed by atoms with Crippen LogP contribution >= 0.6 is 0 Å². The predicted octanol–water partition coefficient (Wildman–Crippen LogP) is -0.357. The average molecular weight is 172 g/mol. The third-order valence-corrected chi connectivity index (χ3v) is 1.58. The Balaban J connectivity index is 3.84. The maximum Gasteiger partial charge on any atom is 0.222 e. The van der Waals surface area contributed by atoms with Crippen molar-refractivity contribution >= 4 is 12.2 Å². The fraction of sp³-hybridized carbons (Fsp3) is 0.750. The summed E-state index contributed by atoms with van der Waals surface area (Å²) in [6, 6.07) is 0. The number of rotatable bonds is 6. The van der Waals surface area contributed by atoms with E-state index < -0.39 is 0 Å². The minimum absolute atomic E-state index is 0.0253. The zero-order valence-corrected chi connectivity index (χ0v) is 7.67. The lowest BCUT2D eigenvalue weighted by Crippen LogP contribution is -2.36. The van der Waals surface area contributed by atoms with Crippen molar-refractivity contribution in [1.29, 1.82) is 0 Å². The van der Waals surface area contributed by atoms with E-state index in [1.165, 1.54) is 0 Å². The van der Waals surface area contributed by atoms with Crippen LogP contribution in [0.3, 0.4) is 0 Å². The Kier molecular flexibility index (Phi) is 6.28. The first-order valence-electron chi connectivity index (χ1n) is 4.12. The third-order valence-electron chi connectivity index (χ3n) is 1.58. The first-order chi connectivity index (χ1) is 5.76. The number of amides is 1. The summed E-state index contributed by atoms with van der Waals surface area (Å²) in [5.74, 6) is 0.0253. The molecule has 0 aliphatic carbocycles. The largest absolute Gasteiger partial charge is 0.334 e. The summed E-state index contributed by atoms with van der Waals surface area (Å²) in [6.07, 6.45) is 1.21. The van der Waals surface area contributed by atoms with E-state index in [4.69, 9.17) is 0 Å². The molecule has 1 N–H and O–H groups in total. The van der Waals surface area contributed by atoms with Crippen LogP contribution in [0, 0.1) is 0 Å². The standard InChI is InChI=1S/C8H16N2O2/c1-3-8(12)10(6-7-11)5-4-9-2/h7,9H,3-6H2,1-2H3. The van der Waals surface area contributed by atoms with Crippen LogP contribution in [0.4, 0.5) is 0 Å². The Morgan fingerprint density at radius 1 is 1.58 bits per heavy atom. The van der Waals surface area contributed by atoms with Crippen molar-refractivity contribution in [3.05, 3.63) is 0 Å². The molecule has 0 aromatic rings. The normalized spacial score (nSPS) is 9.50. The Bertz CT molecular complexity index is 148. The Morgan fingerprint density at radius 3 is 2.67 bits per heavy atom. The molecule has 70 valence electrons. The molecule has 0 spiro atoms. The predicted molar refractivity (Wildman–Crippen MR) is 46.9 cm³/mol. The second-order valence-corrected chi connectivity index (χ2v) is 2.46. The van der Waals surface area contributed by atoms with Crippen molar-refractivity contribution in [2.45, 2.75) is 13.3 Å². The molecule has 0 unspecified atom stereocenters. The van der Waals surface area contributed by atoms with Crippen LogP contribution in [0.25, 0.3) is 0 Å². The molecule has 0 atom stereocenters. The van der Waals surface area contributed by atoms with Crippen LogP contribution in [0.15, 0.2) is 0 Å². The number of likely N-dealkylation sites (N-methyl/N-ethyl adjacent to an activating group) is 1. The smallest absolute Gasteiger partial charge is 0.222 e. The molecule has 0 fully saturated rings. The summed E-state index contributed by atoms with van der Waals surface area (Å²) in [6.45, 7) is 3.31. The van der Waals surface area contributed by atoms with Crippen LogP contribution in [-0.2, 0) is 9.59 Å². The summed E-state index contributed by atoms with van der Waals surface area (Å²) in [5, 5.41) is 2.93. The molecule has 0 saturated heterocycles. The monoisotopic (exact) mass is 172 g/mol. The first-order valence-corrected chi connectivity index (χ1v) is 4.12. The summed E-state index contributed by atoms with van der Waals surface area (Å²) in [5.41, 5.74) is 0. The van der Waals surface area contributed by atoms with Gasteiger partial charge < -0.3 is 15.0 Å². The molecule has 1 amide bonds. The molecule has 0 bridgehead atoms. The van der Waals surface area contributed by atoms with Gasteiger partial charge in [-0.25, -0.2) is 0 Å². The number of hydrogen-bond acceptors (Lipinski definition) is 3. The van der Waals surface area contributed by atoms with Crippen LogP contribution < -0.4 is 5.32 Å². The van der Waals surface area contributed by atoms with E-state index >= 15 is 0 Å². The maximum atomic E-state index is 11.1. The highest BCUT2D eigenvalue weighted by Crippen LogP contribution is 1.91. The van der Waals surface area contributed by atoms with Crippen molar-refractivity contribution < 1.29 is 9.59 Å². The van der Waals surface area contributed by atoms with Crippen LogP contribution in [0.5, 0.6) is 0 Å². The summed E-state index contributed by atoms with van der Waals surface area (Å²) in [4.78, 5) is 22.9. The molecule has 4 nitrogen and oxygen atoms in total. The van der Waals surface area contributed by atoms with Gasteiger partial charge in [-0.3, -0.25) is 4.79 Å². The number of carbonyl (C=O) groups excluding carboxylic acids is 2. The third kappa shape index (κ3) is 4.08. The minimum atomic E-state index is 0.0253. The Hall–Kier alpha value is -0.900. The number of aldehydes is 1. The van der Waals surface area contributed by atoms with E-state index in [-0.39, 0.29) is 12.5 Å². The van der Waals surface area contributed by atoms with Gasteiger partial charge in [-0.05, 0) is 7.05 Å². The zero-order chi connectivity index (χ0) is 9.40. The molecule has 0 heterocycles. The quantitative estimate of drug-likeness (QED) is 0.557. The molecule has 4 heteroatoms. The highest BCUT2D eigenvalue weighted by molar-refractivity contribution is 5.78. The highest BCUT2D eigenvalue weighted by Gasteiger charge is 2.08. The molecular formula is C8H16N2O2. The fourth-order valence-corrected chi connectivity index (χ4v) is 0.878. The topological polar surface area (TPSA) is 49.4 Å². The lowest BCUT2D eigenvalue weighted by molar-refractivity contribution is -0.132. The van der Waals surface area contributed by atoms with Crippen molar-refractivity contribution in [2.75, 3.05) is 26.7 Å². The molecule has 0 aromatic carbocycles. The molecule has 12 heavy (non-hydrogen) atoms. The van der Waals surface area contributed by atoms with Gasteiger partial charge in [-0.15, -0.1) is 0 Å². The van der Waals surface area contributed by atoms with Gasteiger partial charge in [-0.2, -0.15) is 0 Å². The van der Waals surface area contributed by atoms with Gasteiger partial charge in [0, 0.05) is 19.5 Å². The molecule has 0 saturated carbocycles. The van der Waals surface area contributed by atoms with Gasteiger partial charge in [0.1, 0.15) is 6.29 Å². The maximum absolute atomic E-state index is 11.1. The van der Waals surface area contributed by atoms with E-state index in [0.29, 0.717) is 13.0 Å². The molecule has 0 aromatic heterocycles. The minimum Gasteiger partial charge on any atom is -0.334 e. The molecule has 0 rings (SSSR count). The average Bonchev–Trinajstić information content (AvgIpc) is 2.11. The van der Waals surface area contributed by atoms with E-state index in [0.717, 1.165) is 12.8 Å². The summed E-state index contributed by atoms with van der Waals surface area (Å²) >= 11 is 0.